The summed E-state index contributed by atoms with van der Waals surface area (Å²) in [4.78, 5) is 13.2. The van der Waals surface area contributed by atoms with Crippen LogP contribution < -0.4 is 5.32 Å². The van der Waals surface area contributed by atoms with Crippen molar-refractivity contribution in [1.29, 1.82) is 0 Å². The summed E-state index contributed by atoms with van der Waals surface area (Å²) >= 11 is 0. The number of hydrogen-bond acceptors (Lipinski definition) is 10. The quantitative estimate of drug-likeness (QED) is 0.0272. The molecular formula is C67H133NO10. The highest BCUT2D eigenvalue weighted by Gasteiger charge is 2.44. The molecule has 1 rings (SSSR count). The number of carbonyl (C=O) groups is 1. The van der Waals surface area contributed by atoms with E-state index in [1.807, 2.05) is 0 Å². The smallest absolute Gasteiger partial charge is 0.249 e. The van der Waals surface area contributed by atoms with Crippen LogP contribution in [0.15, 0.2) is 0 Å². The predicted octanol–water partition coefficient (Wildman–Crippen LogP) is 16.1. The second kappa shape index (κ2) is 56.6. The SMILES string of the molecule is CCCCCCCCCCCCCCCCCCCCCCCCCCCCC(O)C(=O)NC(COC1OC(CO)C(O)C(O)C1O)C(O)C(O)CCCCCCCCCCCCCCCCCCCCCCCCCCC. The van der Waals surface area contributed by atoms with E-state index in [4.69, 9.17) is 9.47 Å². The number of amides is 1. The van der Waals surface area contributed by atoms with E-state index in [1.54, 1.807) is 0 Å². The first-order valence-electron chi connectivity index (χ1n) is 34.4. The number of hydrogen-bond donors (Lipinski definition) is 8. The van der Waals surface area contributed by atoms with Crippen LogP contribution in [-0.2, 0) is 14.3 Å². The third-order valence-electron chi connectivity index (χ3n) is 17.2. The van der Waals surface area contributed by atoms with Gasteiger partial charge in [0.2, 0.25) is 5.91 Å². The Morgan fingerprint density at radius 1 is 0.397 bits per heavy atom. The van der Waals surface area contributed by atoms with Crippen LogP contribution in [0.4, 0.5) is 0 Å². The molecule has 0 spiro atoms. The predicted molar refractivity (Wildman–Crippen MR) is 326 cm³/mol. The zero-order valence-corrected chi connectivity index (χ0v) is 51.4. The fraction of sp³-hybridized carbons (Fsp3) is 0.985. The van der Waals surface area contributed by atoms with E-state index >= 15 is 0 Å². The molecule has 1 aliphatic rings. The van der Waals surface area contributed by atoms with Crippen molar-refractivity contribution in [2.45, 2.75) is 409 Å². The Hall–Kier alpha value is -0.890. The van der Waals surface area contributed by atoms with Gasteiger partial charge >= 0.3 is 0 Å². The van der Waals surface area contributed by atoms with Crippen LogP contribution in [0.1, 0.15) is 354 Å². The molecule has 1 heterocycles. The average Bonchev–Trinajstić information content (AvgIpc) is 3.46. The molecule has 9 atom stereocenters. The molecule has 0 aromatic carbocycles. The van der Waals surface area contributed by atoms with E-state index in [0.29, 0.717) is 19.3 Å². The van der Waals surface area contributed by atoms with Gasteiger partial charge in [0.1, 0.15) is 36.6 Å². The fourth-order valence-corrected chi connectivity index (χ4v) is 11.6. The molecule has 1 saturated heterocycles. The van der Waals surface area contributed by atoms with Gasteiger partial charge in [0.05, 0.1) is 25.4 Å². The van der Waals surface area contributed by atoms with Gasteiger partial charge < -0.3 is 50.5 Å². The first kappa shape index (κ1) is 75.1. The highest BCUT2D eigenvalue weighted by atomic mass is 16.7. The summed E-state index contributed by atoms with van der Waals surface area (Å²) in [6.45, 7) is 3.53. The number of rotatable bonds is 61. The summed E-state index contributed by atoms with van der Waals surface area (Å²) in [5.41, 5.74) is 0. The first-order chi connectivity index (χ1) is 38.2. The van der Waals surface area contributed by atoms with Gasteiger partial charge in [-0.25, -0.2) is 0 Å². The molecule has 0 saturated carbocycles. The maximum atomic E-state index is 13.2. The number of aliphatic hydroxyl groups is 7. The van der Waals surface area contributed by atoms with Crippen molar-refractivity contribution in [3.63, 3.8) is 0 Å². The van der Waals surface area contributed by atoms with Crippen LogP contribution >= 0.6 is 0 Å². The Kier molecular flexibility index (Phi) is 54.5. The monoisotopic (exact) mass is 1110 g/mol. The van der Waals surface area contributed by atoms with E-state index in [9.17, 15) is 40.5 Å². The minimum atomic E-state index is -1.66. The van der Waals surface area contributed by atoms with Gasteiger partial charge in [-0.2, -0.15) is 0 Å². The molecule has 1 amide bonds. The maximum absolute atomic E-state index is 13.2. The molecule has 11 heteroatoms. The van der Waals surface area contributed by atoms with Crippen molar-refractivity contribution >= 4 is 5.91 Å². The van der Waals surface area contributed by atoms with Crippen molar-refractivity contribution in [3.8, 4) is 0 Å². The zero-order valence-electron chi connectivity index (χ0n) is 51.4. The lowest BCUT2D eigenvalue weighted by Gasteiger charge is -2.40. The van der Waals surface area contributed by atoms with Crippen LogP contribution in [-0.4, -0.2) is 110 Å². The number of ether oxygens (including phenoxy) is 2. The van der Waals surface area contributed by atoms with Crippen LogP contribution in [0.2, 0.25) is 0 Å². The molecule has 0 aromatic rings. The number of nitrogens with one attached hydrogen (secondary N) is 1. The molecule has 78 heavy (non-hydrogen) atoms. The van der Waals surface area contributed by atoms with Crippen molar-refractivity contribution < 1.29 is 50.0 Å². The molecule has 0 radical (unpaired) electrons. The first-order valence-corrected chi connectivity index (χ1v) is 34.4. The Labute approximate surface area is 481 Å². The maximum Gasteiger partial charge on any atom is 0.249 e. The van der Waals surface area contributed by atoms with Crippen LogP contribution in [0.3, 0.4) is 0 Å². The standard InChI is InChI=1S/C67H133NO10/c1-3-5-7-9-11-13-15-17-19-21-23-25-27-29-31-33-35-37-39-41-43-45-47-49-51-53-55-60(71)66(76)68-58(57-77-67-65(75)64(74)63(73)61(56-69)78-67)62(72)59(70)54-52-50-48-46-44-42-40-38-36-34-32-30-28-26-24-22-20-18-16-14-12-10-8-6-4-2/h58-65,67,69-75H,3-57H2,1-2H3,(H,68,76). The highest BCUT2D eigenvalue weighted by Crippen LogP contribution is 2.24. The fourth-order valence-electron chi connectivity index (χ4n) is 11.6. The molecule has 1 aliphatic heterocycles. The molecule has 11 nitrogen and oxygen atoms in total. The minimum Gasteiger partial charge on any atom is -0.394 e. The van der Waals surface area contributed by atoms with Gasteiger partial charge in [0, 0.05) is 0 Å². The number of carbonyl (C=O) groups excluding carboxylic acids is 1. The Morgan fingerprint density at radius 2 is 0.667 bits per heavy atom. The van der Waals surface area contributed by atoms with Crippen molar-refractivity contribution in [1.82, 2.24) is 5.32 Å². The lowest BCUT2D eigenvalue weighted by Crippen LogP contribution is -2.60. The Bertz CT molecular complexity index is 1230. The molecule has 0 aromatic heterocycles. The summed E-state index contributed by atoms with van der Waals surface area (Å²) in [5.74, 6) is -0.687. The Balaban J connectivity index is 2.20. The molecule has 8 N–H and O–H groups in total. The van der Waals surface area contributed by atoms with Crippen LogP contribution in [0, 0.1) is 0 Å². The summed E-state index contributed by atoms with van der Waals surface area (Å²) < 4.78 is 11.2. The van der Waals surface area contributed by atoms with E-state index < -0.39 is 74.2 Å². The van der Waals surface area contributed by atoms with E-state index in [-0.39, 0.29) is 6.42 Å². The number of aliphatic hydroxyl groups excluding tert-OH is 7. The third-order valence-corrected chi connectivity index (χ3v) is 17.2. The average molecular weight is 1110 g/mol. The van der Waals surface area contributed by atoms with E-state index in [1.165, 1.54) is 276 Å². The largest absolute Gasteiger partial charge is 0.394 e. The zero-order chi connectivity index (χ0) is 56.8. The van der Waals surface area contributed by atoms with E-state index in [2.05, 4.69) is 19.2 Å². The van der Waals surface area contributed by atoms with Gasteiger partial charge in [-0.05, 0) is 12.8 Å². The topological polar surface area (TPSA) is 189 Å². The number of unbranched alkanes of at least 4 members (excludes halogenated alkanes) is 49. The molecule has 0 bridgehead atoms. The van der Waals surface area contributed by atoms with Gasteiger partial charge in [-0.3, -0.25) is 4.79 Å². The third kappa shape index (κ3) is 43.7. The second-order valence-electron chi connectivity index (χ2n) is 24.6. The normalized spacial score (nSPS) is 19.3. The summed E-state index contributed by atoms with van der Waals surface area (Å²) in [5, 5.41) is 76.5. The molecule has 1 fully saturated rings. The highest BCUT2D eigenvalue weighted by molar-refractivity contribution is 5.80. The van der Waals surface area contributed by atoms with Crippen LogP contribution in [0.5, 0.6) is 0 Å². The molecular weight excluding hydrogens is 979 g/mol. The lowest BCUT2D eigenvalue weighted by molar-refractivity contribution is -0.303. The van der Waals surface area contributed by atoms with Gasteiger partial charge in [-0.1, -0.05) is 341 Å². The van der Waals surface area contributed by atoms with Crippen LogP contribution in [0.25, 0.3) is 0 Å². The molecule has 9 unspecified atom stereocenters. The summed E-state index contributed by atoms with van der Waals surface area (Å²) in [7, 11) is 0. The van der Waals surface area contributed by atoms with Crippen molar-refractivity contribution in [3.05, 3.63) is 0 Å². The molecule has 466 valence electrons. The van der Waals surface area contributed by atoms with Gasteiger partial charge in [0.25, 0.3) is 0 Å². The molecule has 0 aliphatic carbocycles. The minimum absolute atomic E-state index is 0.268. The van der Waals surface area contributed by atoms with Gasteiger partial charge in [0.15, 0.2) is 6.29 Å². The van der Waals surface area contributed by atoms with E-state index in [0.717, 1.165) is 38.5 Å². The summed E-state index contributed by atoms with van der Waals surface area (Å²) in [6, 6.07) is -1.16. The summed E-state index contributed by atoms with van der Waals surface area (Å²) in [6.07, 6.45) is 56.0. The Morgan fingerprint density at radius 3 is 0.949 bits per heavy atom. The second-order valence-corrected chi connectivity index (χ2v) is 24.6. The van der Waals surface area contributed by atoms with Gasteiger partial charge in [-0.15, -0.1) is 0 Å². The van der Waals surface area contributed by atoms with Crippen molar-refractivity contribution in [2.24, 2.45) is 0 Å². The van der Waals surface area contributed by atoms with Crippen molar-refractivity contribution in [2.75, 3.05) is 13.2 Å². The lowest BCUT2D eigenvalue weighted by atomic mass is 9.98.